The lowest BCUT2D eigenvalue weighted by molar-refractivity contribution is 0.0466. The van der Waals surface area contributed by atoms with Gasteiger partial charge in [-0.25, -0.2) is 0 Å². The summed E-state index contributed by atoms with van der Waals surface area (Å²) in [5, 5.41) is 3.30. The normalized spacial score (nSPS) is 25.3. The average molecular weight is 312 g/mol. The third kappa shape index (κ3) is 3.56. The zero-order valence-corrected chi connectivity index (χ0v) is 12.7. The number of halogens is 1. The van der Waals surface area contributed by atoms with Crippen LogP contribution in [0.5, 0.6) is 0 Å². The van der Waals surface area contributed by atoms with Crippen molar-refractivity contribution in [2.24, 2.45) is 0 Å². The Balaban J connectivity index is 2.06. The number of benzene rings is 1. The topological polar surface area (TPSA) is 21.3 Å². The zero-order valence-electron chi connectivity index (χ0n) is 11.2. The van der Waals surface area contributed by atoms with Gasteiger partial charge in [-0.15, -0.1) is 0 Å². The molecule has 0 bridgehead atoms. The largest absolute Gasteiger partial charge is 0.375 e. The van der Waals surface area contributed by atoms with E-state index in [0.29, 0.717) is 18.1 Å². The van der Waals surface area contributed by atoms with Crippen LogP contribution < -0.4 is 5.32 Å². The Hall–Kier alpha value is -0.380. The summed E-state index contributed by atoms with van der Waals surface area (Å²) < 4.78 is 7.16. The summed E-state index contributed by atoms with van der Waals surface area (Å²) in [4.78, 5) is 0. The number of rotatable bonds is 5. The molecule has 0 saturated carbocycles. The van der Waals surface area contributed by atoms with Crippen LogP contribution in [0.25, 0.3) is 0 Å². The highest BCUT2D eigenvalue weighted by atomic mass is 79.9. The molecule has 1 heterocycles. The average Bonchev–Trinajstić information content (AvgIpc) is 2.75. The van der Waals surface area contributed by atoms with Crippen molar-refractivity contribution >= 4 is 15.9 Å². The van der Waals surface area contributed by atoms with Crippen LogP contribution in [0.3, 0.4) is 0 Å². The van der Waals surface area contributed by atoms with E-state index in [1.165, 1.54) is 22.9 Å². The summed E-state index contributed by atoms with van der Waals surface area (Å²) in [6.45, 7) is 3.17. The molecule has 1 aliphatic heterocycles. The van der Waals surface area contributed by atoms with Crippen LogP contribution in [-0.2, 0) is 4.74 Å². The standard InChI is InChI=1S/C15H22BrNO/c1-11-7-8-13(18-11)9-12(10-17-2)14-5-3-4-6-15(14)16/h3-6,11-13,17H,7-10H2,1-2H3. The monoisotopic (exact) mass is 311 g/mol. The lowest BCUT2D eigenvalue weighted by atomic mass is 9.92. The van der Waals surface area contributed by atoms with Crippen LogP contribution in [0.4, 0.5) is 0 Å². The van der Waals surface area contributed by atoms with Crippen molar-refractivity contribution in [3.63, 3.8) is 0 Å². The molecule has 0 aromatic heterocycles. The van der Waals surface area contributed by atoms with Crippen LogP contribution >= 0.6 is 15.9 Å². The van der Waals surface area contributed by atoms with Gasteiger partial charge in [-0.2, -0.15) is 0 Å². The molecule has 0 radical (unpaired) electrons. The highest BCUT2D eigenvalue weighted by molar-refractivity contribution is 9.10. The number of nitrogens with one attached hydrogen (secondary N) is 1. The van der Waals surface area contributed by atoms with Crippen molar-refractivity contribution < 1.29 is 4.74 Å². The van der Waals surface area contributed by atoms with E-state index in [2.05, 4.69) is 52.4 Å². The molecule has 2 nitrogen and oxygen atoms in total. The van der Waals surface area contributed by atoms with E-state index in [9.17, 15) is 0 Å². The number of hydrogen-bond donors (Lipinski definition) is 1. The third-order valence-corrected chi connectivity index (χ3v) is 4.39. The minimum atomic E-state index is 0.422. The molecule has 3 atom stereocenters. The molecule has 1 aliphatic rings. The van der Waals surface area contributed by atoms with Gasteiger partial charge in [0.25, 0.3) is 0 Å². The van der Waals surface area contributed by atoms with E-state index >= 15 is 0 Å². The van der Waals surface area contributed by atoms with E-state index in [-0.39, 0.29) is 0 Å². The molecule has 1 N–H and O–H groups in total. The highest BCUT2D eigenvalue weighted by Gasteiger charge is 2.26. The van der Waals surface area contributed by atoms with Gasteiger partial charge in [0.15, 0.2) is 0 Å². The second kappa shape index (κ2) is 6.69. The molecular weight excluding hydrogens is 290 g/mol. The highest BCUT2D eigenvalue weighted by Crippen LogP contribution is 2.32. The van der Waals surface area contributed by atoms with Gasteiger partial charge in [0.05, 0.1) is 12.2 Å². The predicted octanol–water partition coefficient (Wildman–Crippen LogP) is 3.71. The molecule has 0 aliphatic carbocycles. The van der Waals surface area contributed by atoms with Gasteiger partial charge >= 0.3 is 0 Å². The lowest BCUT2D eigenvalue weighted by Gasteiger charge is -2.22. The maximum Gasteiger partial charge on any atom is 0.0586 e. The van der Waals surface area contributed by atoms with Gasteiger partial charge < -0.3 is 10.1 Å². The number of ether oxygens (including phenoxy) is 1. The second-order valence-electron chi connectivity index (χ2n) is 5.16. The van der Waals surface area contributed by atoms with Crippen molar-refractivity contribution in [3.05, 3.63) is 34.3 Å². The van der Waals surface area contributed by atoms with Crippen molar-refractivity contribution in [2.75, 3.05) is 13.6 Å². The Morgan fingerprint density at radius 3 is 2.78 bits per heavy atom. The van der Waals surface area contributed by atoms with Crippen molar-refractivity contribution in [1.82, 2.24) is 5.32 Å². The lowest BCUT2D eigenvalue weighted by Crippen LogP contribution is -2.22. The van der Waals surface area contributed by atoms with Crippen LogP contribution in [0.15, 0.2) is 28.7 Å². The Morgan fingerprint density at radius 1 is 1.39 bits per heavy atom. The fraction of sp³-hybridized carbons (Fsp3) is 0.600. The fourth-order valence-electron chi connectivity index (χ4n) is 2.75. The molecule has 1 saturated heterocycles. The first-order chi connectivity index (χ1) is 8.70. The first-order valence-corrected chi connectivity index (χ1v) is 7.54. The molecule has 3 unspecified atom stereocenters. The van der Waals surface area contributed by atoms with Gasteiger partial charge in [-0.05, 0) is 50.8 Å². The summed E-state index contributed by atoms with van der Waals surface area (Å²) in [5.74, 6) is 0.515. The summed E-state index contributed by atoms with van der Waals surface area (Å²) in [5.41, 5.74) is 1.38. The molecule has 3 heteroatoms. The first kappa shape index (κ1) is 14.0. The number of hydrogen-bond acceptors (Lipinski definition) is 2. The molecule has 0 amide bonds. The second-order valence-corrected chi connectivity index (χ2v) is 6.01. The van der Waals surface area contributed by atoms with E-state index < -0.39 is 0 Å². The summed E-state index contributed by atoms with van der Waals surface area (Å²) >= 11 is 3.66. The molecule has 1 fully saturated rings. The summed E-state index contributed by atoms with van der Waals surface area (Å²) in [7, 11) is 2.02. The molecule has 18 heavy (non-hydrogen) atoms. The quantitative estimate of drug-likeness (QED) is 0.895. The Kier molecular flexibility index (Phi) is 5.22. The smallest absolute Gasteiger partial charge is 0.0586 e. The van der Waals surface area contributed by atoms with E-state index in [0.717, 1.165) is 13.0 Å². The minimum Gasteiger partial charge on any atom is -0.375 e. The van der Waals surface area contributed by atoms with E-state index in [4.69, 9.17) is 4.74 Å². The van der Waals surface area contributed by atoms with Crippen molar-refractivity contribution in [3.8, 4) is 0 Å². The molecule has 100 valence electrons. The Morgan fingerprint density at radius 2 is 2.17 bits per heavy atom. The van der Waals surface area contributed by atoms with Crippen molar-refractivity contribution in [1.29, 1.82) is 0 Å². The molecule has 0 spiro atoms. The van der Waals surface area contributed by atoms with Crippen LogP contribution in [-0.4, -0.2) is 25.8 Å². The molecule has 1 aromatic rings. The minimum absolute atomic E-state index is 0.422. The maximum absolute atomic E-state index is 5.96. The summed E-state index contributed by atoms with van der Waals surface area (Å²) in [6, 6.07) is 8.51. The van der Waals surface area contributed by atoms with Crippen LogP contribution in [0.2, 0.25) is 0 Å². The van der Waals surface area contributed by atoms with Crippen LogP contribution in [0, 0.1) is 0 Å². The fourth-order valence-corrected chi connectivity index (χ4v) is 3.36. The number of likely N-dealkylation sites (N-methyl/N-ethyl adjacent to an activating group) is 1. The first-order valence-electron chi connectivity index (χ1n) is 6.75. The molecular formula is C15H22BrNO. The van der Waals surface area contributed by atoms with Crippen LogP contribution in [0.1, 0.15) is 37.7 Å². The third-order valence-electron chi connectivity index (χ3n) is 3.66. The summed E-state index contributed by atoms with van der Waals surface area (Å²) in [6.07, 6.45) is 4.36. The predicted molar refractivity (Wildman–Crippen MR) is 79.0 cm³/mol. The SMILES string of the molecule is CNCC(CC1CCC(C)O1)c1ccccc1Br. The Bertz CT molecular complexity index is 383. The van der Waals surface area contributed by atoms with Gasteiger partial charge in [0.2, 0.25) is 0 Å². The van der Waals surface area contributed by atoms with Crippen molar-refractivity contribution in [2.45, 2.75) is 44.3 Å². The van der Waals surface area contributed by atoms with Gasteiger partial charge in [0, 0.05) is 11.0 Å². The van der Waals surface area contributed by atoms with Gasteiger partial charge in [0.1, 0.15) is 0 Å². The van der Waals surface area contributed by atoms with Gasteiger partial charge in [-0.1, -0.05) is 34.1 Å². The van der Waals surface area contributed by atoms with E-state index in [1.807, 2.05) is 7.05 Å². The Labute approximate surface area is 118 Å². The zero-order chi connectivity index (χ0) is 13.0. The van der Waals surface area contributed by atoms with E-state index in [1.54, 1.807) is 0 Å². The molecule has 1 aromatic carbocycles. The maximum atomic E-state index is 5.96. The van der Waals surface area contributed by atoms with Gasteiger partial charge in [-0.3, -0.25) is 0 Å². The molecule has 2 rings (SSSR count).